The first-order chi connectivity index (χ1) is 12.8. The number of nitrogens with one attached hydrogen (secondary N) is 1. The number of rotatable bonds is 4. The third-order valence-electron chi connectivity index (χ3n) is 4.55. The molecule has 1 N–H and O–H groups in total. The van der Waals surface area contributed by atoms with Crippen molar-refractivity contribution in [3.63, 3.8) is 0 Å². The average Bonchev–Trinajstić information content (AvgIpc) is 2.70. The van der Waals surface area contributed by atoms with Crippen LogP contribution in [0.15, 0.2) is 59.2 Å². The Balaban J connectivity index is 1.54. The molecule has 0 unspecified atom stereocenters. The van der Waals surface area contributed by atoms with Gasteiger partial charge in [-0.15, -0.1) is 0 Å². The first-order valence-corrected chi connectivity index (χ1v) is 8.97. The molecule has 1 fully saturated rings. The third kappa shape index (κ3) is 4.85. The van der Waals surface area contributed by atoms with Gasteiger partial charge in [-0.1, -0.05) is 42.0 Å². The molecular weight excluding hydrogens is 324 g/mol. The van der Waals surface area contributed by atoms with Gasteiger partial charge < -0.3 is 15.0 Å². The van der Waals surface area contributed by atoms with E-state index >= 15 is 0 Å². The molecule has 0 bridgehead atoms. The number of guanidine groups is 1. The molecule has 26 heavy (non-hydrogen) atoms. The number of likely N-dealkylation sites (tertiary alicyclic amines) is 1. The Labute approximate surface area is 155 Å². The van der Waals surface area contributed by atoms with Crippen molar-refractivity contribution in [1.82, 2.24) is 15.2 Å². The number of piperidine rings is 1. The van der Waals surface area contributed by atoms with Crippen molar-refractivity contribution in [2.45, 2.75) is 19.4 Å². The second-order valence-electron chi connectivity index (χ2n) is 6.31. The minimum absolute atomic E-state index is 0.632. The summed E-state index contributed by atoms with van der Waals surface area (Å²) >= 11 is 0. The van der Waals surface area contributed by atoms with Gasteiger partial charge in [0.25, 0.3) is 0 Å². The minimum atomic E-state index is 0.632. The highest BCUT2D eigenvalue weighted by atomic mass is 16.5. The van der Waals surface area contributed by atoms with E-state index in [-0.39, 0.29) is 0 Å². The van der Waals surface area contributed by atoms with Crippen LogP contribution in [0.3, 0.4) is 0 Å². The quantitative estimate of drug-likeness (QED) is 0.679. The molecule has 0 atom stereocenters. The van der Waals surface area contributed by atoms with E-state index in [0.29, 0.717) is 12.4 Å². The van der Waals surface area contributed by atoms with Crippen LogP contribution in [0, 0.1) is 0 Å². The van der Waals surface area contributed by atoms with Crippen LogP contribution in [0.25, 0.3) is 6.08 Å². The molecule has 0 aliphatic carbocycles. The summed E-state index contributed by atoms with van der Waals surface area (Å²) in [6.07, 6.45) is 6.22. The lowest BCUT2D eigenvalue weighted by atomic mass is 10.0. The molecule has 5 nitrogen and oxygen atoms in total. The Morgan fingerprint density at radius 3 is 2.69 bits per heavy atom. The molecule has 136 valence electrons. The summed E-state index contributed by atoms with van der Waals surface area (Å²) in [6, 6.07) is 14.5. The summed E-state index contributed by atoms with van der Waals surface area (Å²) in [6.45, 7) is 2.67. The van der Waals surface area contributed by atoms with E-state index in [1.165, 1.54) is 11.1 Å². The number of nitrogens with zero attached hydrogens (tertiary/aromatic N) is 3. The van der Waals surface area contributed by atoms with Crippen LogP contribution in [-0.4, -0.2) is 43.1 Å². The SMILES string of the molecule is CN=C(NCc1ccnc(OC)c1)N1CCC(=Cc2ccccc2)CC1. The number of hydrogen-bond donors (Lipinski definition) is 1. The second kappa shape index (κ2) is 9.04. The highest BCUT2D eigenvalue weighted by Crippen LogP contribution is 2.19. The second-order valence-corrected chi connectivity index (χ2v) is 6.31. The van der Waals surface area contributed by atoms with Crippen LogP contribution >= 0.6 is 0 Å². The van der Waals surface area contributed by atoms with Crippen LogP contribution in [0.5, 0.6) is 5.88 Å². The zero-order valence-electron chi connectivity index (χ0n) is 15.5. The Hall–Kier alpha value is -2.82. The van der Waals surface area contributed by atoms with Crippen LogP contribution in [0.4, 0.5) is 0 Å². The van der Waals surface area contributed by atoms with Gasteiger partial charge in [0.1, 0.15) is 0 Å². The molecule has 2 heterocycles. The fraction of sp³-hybridized carbons (Fsp3) is 0.333. The van der Waals surface area contributed by atoms with Crippen LogP contribution in [0.2, 0.25) is 0 Å². The lowest BCUT2D eigenvalue weighted by Gasteiger charge is -2.31. The topological polar surface area (TPSA) is 49.8 Å². The minimum Gasteiger partial charge on any atom is -0.481 e. The number of hydrogen-bond acceptors (Lipinski definition) is 3. The third-order valence-corrected chi connectivity index (χ3v) is 4.55. The van der Waals surface area contributed by atoms with Crippen molar-refractivity contribution in [2.24, 2.45) is 4.99 Å². The molecule has 1 aliphatic heterocycles. The van der Waals surface area contributed by atoms with E-state index in [4.69, 9.17) is 4.74 Å². The van der Waals surface area contributed by atoms with Crippen LogP contribution in [-0.2, 0) is 6.54 Å². The van der Waals surface area contributed by atoms with E-state index in [1.54, 1.807) is 13.3 Å². The zero-order valence-corrected chi connectivity index (χ0v) is 15.5. The Morgan fingerprint density at radius 1 is 1.23 bits per heavy atom. The molecular formula is C21H26N4O. The van der Waals surface area contributed by atoms with Gasteiger partial charge in [0.15, 0.2) is 5.96 Å². The highest BCUT2D eigenvalue weighted by molar-refractivity contribution is 5.80. The Bertz CT molecular complexity index is 761. The summed E-state index contributed by atoms with van der Waals surface area (Å²) in [5.41, 5.74) is 3.91. The standard InChI is InChI=1S/C21H26N4O/c1-22-21(24-16-19-8-11-23-20(15-19)26-2)25-12-9-18(10-13-25)14-17-6-4-3-5-7-17/h3-8,11,14-15H,9-10,12-13,16H2,1-2H3,(H,22,24). The number of aliphatic imine (C=N–C) groups is 1. The lowest BCUT2D eigenvalue weighted by molar-refractivity contribution is 0.375. The predicted molar refractivity (Wildman–Crippen MR) is 106 cm³/mol. The van der Waals surface area contributed by atoms with Gasteiger partial charge in [-0.25, -0.2) is 4.98 Å². The predicted octanol–water partition coefficient (Wildman–Crippen LogP) is 3.35. The number of aromatic nitrogens is 1. The van der Waals surface area contributed by atoms with E-state index in [2.05, 4.69) is 56.6 Å². The number of benzene rings is 1. The summed E-state index contributed by atoms with van der Waals surface area (Å²) in [5.74, 6) is 1.58. The molecule has 0 saturated carbocycles. The number of ether oxygens (including phenoxy) is 1. The van der Waals surface area contributed by atoms with Crippen molar-refractivity contribution in [1.29, 1.82) is 0 Å². The molecule has 1 aliphatic rings. The van der Waals surface area contributed by atoms with Crippen molar-refractivity contribution in [3.8, 4) is 5.88 Å². The van der Waals surface area contributed by atoms with Gasteiger partial charge in [-0.05, 0) is 30.0 Å². The van der Waals surface area contributed by atoms with Gasteiger partial charge in [-0.2, -0.15) is 0 Å². The monoisotopic (exact) mass is 350 g/mol. The first-order valence-electron chi connectivity index (χ1n) is 8.97. The number of methoxy groups -OCH3 is 1. The number of pyridine rings is 1. The highest BCUT2D eigenvalue weighted by Gasteiger charge is 2.17. The van der Waals surface area contributed by atoms with E-state index < -0.39 is 0 Å². The average molecular weight is 350 g/mol. The molecule has 0 radical (unpaired) electrons. The Morgan fingerprint density at radius 2 is 2.00 bits per heavy atom. The summed E-state index contributed by atoms with van der Waals surface area (Å²) in [4.78, 5) is 10.9. The van der Waals surface area contributed by atoms with Gasteiger partial charge in [0.2, 0.25) is 5.88 Å². The van der Waals surface area contributed by atoms with Gasteiger partial charge >= 0.3 is 0 Å². The molecule has 0 amide bonds. The smallest absolute Gasteiger partial charge is 0.213 e. The lowest BCUT2D eigenvalue weighted by Crippen LogP contribution is -2.44. The molecule has 5 heteroatoms. The Kier molecular flexibility index (Phi) is 6.25. The van der Waals surface area contributed by atoms with E-state index in [0.717, 1.165) is 37.5 Å². The van der Waals surface area contributed by atoms with Crippen molar-refractivity contribution in [3.05, 3.63) is 65.4 Å². The summed E-state index contributed by atoms with van der Waals surface area (Å²) < 4.78 is 5.18. The van der Waals surface area contributed by atoms with E-state index in [1.807, 2.05) is 19.2 Å². The van der Waals surface area contributed by atoms with Crippen LogP contribution in [0.1, 0.15) is 24.0 Å². The maximum atomic E-state index is 5.18. The molecule has 2 aromatic rings. The van der Waals surface area contributed by atoms with E-state index in [9.17, 15) is 0 Å². The molecule has 0 spiro atoms. The molecule has 3 rings (SSSR count). The first kappa shape index (κ1) is 18.0. The maximum absolute atomic E-state index is 5.18. The summed E-state index contributed by atoms with van der Waals surface area (Å²) in [5, 5.41) is 3.44. The van der Waals surface area contributed by atoms with Crippen molar-refractivity contribution >= 4 is 12.0 Å². The fourth-order valence-electron chi connectivity index (χ4n) is 3.12. The summed E-state index contributed by atoms with van der Waals surface area (Å²) in [7, 11) is 3.47. The molecule has 1 saturated heterocycles. The van der Waals surface area contributed by atoms with Crippen molar-refractivity contribution < 1.29 is 4.74 Å². The normalized spacial score (nSPS) is 14.9. The fourth-order valence-corrected chi connectivity index (χ4v) is 3.12. The molecule has 1 aromatic carbocycles. The van der Waals surface area contributed by atoms with Crippen molar-refractivity contribution in [2.75, 3.05) is 27.2 Å². The zero-order chi connectivity index (χ0) is 18.2. The molecule has 1 aromatic heterocycles. The maximum Gasteiger partial charge on any atom is 0.213 e. The van der Waals surface area contributed by atoms with Crippen LogP contribution < -0.4 is 10.1 Å². The van der Waals surface area contributed by atoms with Gasteiger partial charge in [0.05, 0.1) is 7.11 Å². The van der Waals surface area contributed by atoms with Gasteiger partial charge in [0, 0.05) is 38.9 Å². The van der Waals surface area contributed by atoms with Gasteiger partial charge in [-0.3, -0.25) is 4.99 Å². The largest absolute Gasteiger partial charge is 0.481 e.